The molecule has 1 aliphatic carbocycles. The molecule has 2 N–H and O–H groups in total. The molecule has 0 spiro atoms. The van der Waals surface area contributed by atoms with Gasteiger partial charge in [0, 0.05) is 32.2 Å². The van der Waals surface area contributed by atoms with Gasteiger partial charge in [-0.05, 0) is 32.6 Å². The minimum Gasteiger partial charge on any atom is -0.376 e. The molecule has 3 rings (SSSR count). The molecule has 0 aromatic heterocycles. The molecule has 0 aromatic carbocycles. The molecule has 0 aromatic rings. The zero-order valence-electron chi connectivity index (χ0n) is 13.9. The van der Waals surface area contributed by atoms with Gasteiger partial charge in [-0.25, -0.2) is 0 Å². The molecule has 0 bridgehead atoms. The van der Waals surface area contributed by atoms with Gasteiger partial charge < -0.3 is 15.4 Å². The van der Waals surface area contributed by atoms with Crippen LogP contribution >= 0.6 is 0 Å². The quantitative estimate of drug-likeness (QED) is 0.837. The van der Waals surface area contributed by atoms with Crippen molar-refractivity contribution in [1.82, 2.24) is 9.80 Å². The molecule has 22 heavy (non-hydrogen) atoms. The first-order valence-corrected chi connectivity index (χ1v) is 9.02. The first kappa shape index (κ1) is 16.2. The zero-order chi connectivity index (χ0) is 15.6. The van der Waals surface area contributed by atoms with E-state index in [0.29, 0.717) is 12.1 Å². The number of piperidine rings is 1. The highest BCUT2D eigenvalue weighted by atomic mass is 16.5. The van der Waals surface area contributed by atoms with Crippen LogP contribution in [-0.4, -0.2) is 66.2 Å². The predicted octanol–water partition coefficient (Wildman–Crippen LogP) is 1.36. The lowest BCUT2D eigenvalue weighted by Gasteiger charge is -2.44. The number of hydrogen-bond donors (Lipinski definition) is 1. The van der Waals surface area contributed by atoms with Crippen molar-refractivity contribution in [1.29, 1.82) is 0 Å². The van der Waals surface area contributed by atoms with E-state index in [9.17, 15) is 4.79 Å². The largest absolute Gasteiger partial charge is 0.376 e. The maximum Gasteiger partial charge on any atom is 0.242 e. The number of ether oxygens (including phenoxy) is 1. The van der Waals surface area contributed by atoms with Crippen LogP contribution in [0.4, 0.5) is 0 Å². The Morgan fingerprint density at radius 2 is 1.82 bits per heavy atom. The van der Waals surface area contributed by atoms with Gasteiger partial charge >= 0.3 is 0 Å². The maximum absolute atomic E-state index is 12.8. The smallest absolute Gasteiger partial charge is 0.242 e. The number of carbonyl (C=O) groups is 1. The Kier molecular flexibility index (Phi) is 5.05. The summed E-state index contributed by atoms with van der Waals surface area (Å²) in [7, 11) is 0. The molecule has 1 saturated carbocycles. The monoisotopic (exact) mass is 309 g/mol. The van der Waals surface area contributed by atoms with E-state index in [1.165, 1.54) is 6.42 Å². The third kappa shape index (κ3) is 3.47. The Balaban J connectivity index is 1.51. The van der Waals surface area contributed by atoms with Crippen LogP contribution < -0.4 is 5.73 Å². The summed E-state index contributed by atoms with van der Waals surface area (Å²) in [6, 6.07) is 0.607. The van der Waals surface area contributed by atoms with Gasteiger partial charge in [-0.15, -0.1) is 0 Å². The number of nitrogens with zero attached hydrogens (tertiary/aromatic N) is 2. The molecule has 3 aliphatic rings. The van der Waals surface area contributed by atoms with Gasteiger partial charge in [0.15, 0.2) is 0 Å². The Hall–Kier alpha value is -0.650. The van der Waals surface area contributed by atoms with Crippen LogP contribution in [0.5, 0.6) is 0 Å². The maximum atomic E-state index is 12.8. The molecule has 2 heterocycles. The summed E-state index contributed by atoms with van der Waals surface area (Å²) in [4.78, 5) is 17.4. The summed E-state index contributed by atoms with van der Waals surface area (Å²) < 4.78 is 5.63. The average Bonchev–Trinajstić information content (AvgIpc) is 2.55. The van der Waals surface area contributed by atoms with Gasteiger partial charge in [-0.3, -0.25) is 9.69 Å². The fourth-order valence-corrected chi connectivity index (χ4v) is 4.32. The molecular weight excluding hydrogens is 278 g/mol. The van der Waals surface area contributed by atoms with Crippen molar-refractivity contribution < 1.29 is 9.53 Å². The fourth-order valence-electron chi connectivity index (χ4n) is 4.32. The third-order valence-corrected chi connectivity index (χ3v) is 5.71. The SMILES string of the molecule is CC1CN(C2CCN(C(=O)C3(N)CCCCC3)CC2)CCO1. The van der Waals surface area contributed by atoms with Crippen LogP contribution in [0.25, 0.3) is 0 Å². The van der Waals surface area contributed by atoms with Gasteiger partial charge in [0.1, 0.15) is 0 Å². The summed E-state index contributed by atoms with van der Waals surface area (Å²) in [5, 5.41) is 0. The Morgan fingerprint density at radius 3 is 2.45 bits per heavy atom. The van der Waals surface area contributed by atoms with Crippen molar-refractivity contribution in [2.45, 2.75) is 69.6 Å². The summed E-state index contributed by atoms with van der Waals surface area (Å²) in [5.74, 6) is 0.209. The van der Waals surface area contributed by atoms with E-state index in [1.807, 2.05) is 4.90 Å². The number of rotatable bonds is 2. The van der Waals surface area contributed by atoms with Crippen LogP contribution in [-0.2, 0) is 9.53 Å². The van der Waals surface area contributed by atoms with Crippen LogP contribution in [0.15, 0.2) is 0 Å². The lowest BCUT2D eigenvalue weighted by Crippen LogP contribution is -2.59. The summed E-state index contributed by atoms with van der Waals surface area (Å²) >= 11 is 0. The standard InChI is InChI=1S/C17H31N3O2/c1-14-13-20(11-12-22-14)15-5-9-19(10-6-15)16(21)17(18)7-3-2-4-8-17/h14-15H,2-13,18H2,1H3. The highest BCUT2D eigenvalue weighted by Gasteiger charge is 2.40. The van der Waals surface area contributed by atoms with E-state index in [4.69, 9.17) is 10.5 Å². The van der Waals surface area contributed by atoms with E-state index in [0.717, 1.165) is 71.3 Å². The number of morpholine rings is 1. The third-order valence-electron chi connectivity index (χ3n) is 5.71. The van der Waals surface area contributed by atoms with Gasteiger partial charge in [-0.1, -0.05) is 19.3 Å². The molecule has 1 atom stereocenters. The summed E-state index contributed by atoms with van der Waals surface area (Å²) in [6.45, 7) is 6.78. The first-order valence-electron chi connectivity index (χ1n) is 9.02. The van der Waals surface area contributed by atoms with Gasteiger partial charge in [0.05, 0.1) is 18.2 Å². The normalized spacial score (nSPS) is 31.2. The van der Waals surface area contributed by atoms with E-state index in [2.05, 4.69) is 11.8 Å². The second-order valence-corrected chi connectivity index (χ2v) is 7.42. The Morgan fingerprint density at radius 1 is 1.14 bits per heavy atom. The van der Waals surface area contributed by atoms with Crippen molar-refractivity contribution in [2.75, 3.05) is 32.8 Å². The average molecular weight is 309 g/mol. The second-order valence-electron chi connectivity index (χ2n) is 7.42. The lowest BCUT2D eigenvalue weighted by molar-refractivity contribution is -0.140. The molecular formula is C17H31N3O2. The minimum absolute atomic E-state index is 0.209. The van der Waals surface area contributed by atoms with E-state index in [-0.39, 0.29) is 5.91 Å². The van der Waals surface area contributed by atoms with Gasteiger partial charge in [0.2, 0.25) is 5.91 Å². The van der Waals surface area contributed by atoms with E-state index >= 15 is 0 Å². The number of carbonyl (C=O) groups excluding carboxylic acids is 1. The summed E-state index contributed by atoms with van der Waals surface area (Å²) in [5.41, 5.74) is 5.84. The van der Waals surface area contributed by atoms with Gasteiger partial charge in [0.25, 0.3) is 0 Å². The zero-order valence-corrected chi connectivity index (χ0v) is 13.9. The number of likely N-dealkylation sites (tertiary alicyclic amines) is 1. The highest BCUT2D eigenvalue weighted by Crippen LogP contribution is 2.29. The number of nitrogens with two attached hydrogens (primary N) is 1. The van der Waals surface area contributed by atoms with Crippen molar-refractivity contribution in [3.8, 4) is 0 Å². The van der Waals surface area contributed by atoms with Crippen LogP contribution in [0.1, 0.15) is 51.9 Å². The molecule has 0 radical (unpaired) electrons. The van der Waals surface area contributed by atoms with Crippen molar-refractivity contribution >= 4 is 5.91 Å². The first-order chi connectivity index (χ1) is 10.6. The van der Waals surface area contributed by atoms with E-state index in [1.54, 1.807) is 0 Å². The Labute approximate surface area is 134 Å². The summed E-state index contributed by atoms with van der Waals surface area (Å²) in [6.07, 6.45) is 7.66. The number of hydrogen-bond acceptors (Lipinski definition) is 4. The van der Waals surface area contributed by atoms with Crippen LogP contribution in [0.3, 0.4) is 0 Å². The van der Waals surface area contributed by atoms with Crippen LogP contribution in [0, 0.1) is 0 Å². The molecule has 1 amide bonds. The van der Waals surface area contributed by atoms with Crippen molar-refractivity contribution in [2.24, 2.45) is 5.73 Å². The molecule has 3 fully saturated rings. The second kappa shape index (κ2) is 6.85. The lowest BCUT2D eigenvalue weighted by atomic mass is 9.81. The predicted molar refractivity (Wildman–Crippen MR) is 86.6 cm³/mol. The van der Waals surface area contributed by atoms with Crippen molar-refractivity contribution in [3.63, 3.8) is 0 Å². The molecule has 2 saturated heterocycles. The van der Waals surface area contributed by atoms with Gasteiger partial charge in [-0.2, -0.15) is 0 Å². The Bertz CT molecular complexity index is 387. The molecule has 5 nitrogen and oxygen atoms in total. The topological polar surface area (TPSA) is 58.8 Å². The minimum atomic E-state index is -0.571. The molecule has 1 unspecified atom stereocenters. The highest BCUT2D eigenvalue weighted by molar-refractivity contribution is 5.86. The van der Waals surface area contributed by atoms with Crippen LogP contribution in [0.2, 0.25) is 0 Å². The van der Waals surface area contributed by atoms with Crippen molar-refractivity contribution in [3.05, 3.63) is 0 Å². The van der Waals surface area contributed by atoms with E-state index < -0.39 is 5.54 Å². The molecule has 126 valence electrons. The fraction of sp³-hybridized carbons (Fsp3) is 0.941. The molecule has 2 aliphatic heterocycles. The molecule has 5 heteroatoms. The number of amides is 1.